The number of amides is 1. The van der Waals surface area contributed by atoms with Crippen LogP contribution in [0, 0.1) is 0 Å². The number of furan rings is 1. The van der Waals surface area contributed by atoms with Crippen LogP contribution in [0.1, 0.15) is 30.7 Å². The van der Waals surface area contributed by atoms with Crippen molar-refractivity contribution in [2.45, 2.75) is 28.1 Å². The summed E-state index contributed by atoms with van der Waals surface area (Å²) in [4.78, 5) is 13.1. The van der Waals surface area contributed by atoms with Crippen molar-refractivity contribution < 1.29 is 9.21 Å². The number of hydrogen-bond acceptors (Lipinski definition) is 8. The molecule has 2 aromatic heterocycles. The minimum atomic E-state index is -0.273. The third kappa shape index (κ3) is 5.60. The van der Waals surface area contributed by atoms with Gasteiger partial charge in [-0.25, -0.2) is 5.01 Å². The fraction of sp³-hybridized carbons (Fsp3) is 0.238. The molecule has 3 aromatic rings. The molecule has 1 aliphatic rings. The fourth-order valence-electron chi connectivity index (χ4n) is 2.95. The first kappa shape index (κ1) is 22.1. The molecule has 4 rings (SSSR count). The first-order valence-corrected chi connectivity index (χ1v) is 12.6. The Kier molecular flexibility index (Phi) is 7.16. The van der Waals surface area contributed by atoms with Crippen molar-refractivity contribution in [1.29, 1.82) is 0 Å². The van der Waals surface area contributed by atoms with Gasteiger partial charge in [0.15, 0.2) is 8.68 Å². The second kappa shape index (κ2) is 10.0. The number of benzene rings is 1. The highest BCUT2D eigenvalue weighted by atomic mass is 35.5. The van der Waals surface area contributed by atoms with Crippen molar-refractivity contribution in [3.8, 4) is 0 Å². The van der Waals surface area contributed by atoms with Crippen molar-refractivity contribution in [2.75, 3.05) is 11.5 Å². The first-order valence-electron chi connectivity index (χ1n) is 9.42. The number of halogens is 1. The molecule has 0 bridgehead atoms. The third-order valence-electron chi connectivity index (χ3n) is 4.36. The highest BCUT2D eigenvalue weighted by molar-refractivity contribution is 8.03. The van der Waals surface area contributed by atoms with E-state index in [1.807, 2.05) is 43.3 Å². The van der Waals surface area contributed by atoms with Crippen LogP contribution in [0.3, 0.4) is 0 Å². The average molecular weight is 491 g/mol. The smallest absolute Gasteiger partial charge is 0.253 e. The summed E-state index contributed by atoms with van der Waals surface area (Å²) >= 11 is 10.5. The molecular weight excluding hydrogens is 472 g/mol. The monoisotopic (exact) mass is 490 g/mol. The van der Waals surface area contributed by atoms with Crippen LogP contribution in [0.2, 0.25) is 5.02 Å². The van der Waals surface area contributed by atoms with E-state index < -0.39 is 0 Å². The number of carbonyl (C=O) groups excluding carboxylic acids is 1. The van der Waals surface area contributed by atoms with E-state index in [9.17, 15) is 4.79 Å². The van der Waals surface area contributed by atoms with Crippen LogP contribution in [-0.2, 0) is 4.79 Å². The van der Waals surface area contributed by atoms with Gasteiger partial charge < -0.3 is 4.42 Å². The molecule has 1 amide bonds. The van der Waals surface area contributed by atoms with Crippen LogP contribution in [0.25, 0.3) is 0 Å². The van der Waals surface area contributed by atoms with Gasteiger partial charge in [-0.15, -0.1) is 10.2 Å². The summed E-state index contributed by atoms with van der Waals surface area (Å²) in [5.74, 6) is 1.62. The highest BCUT2D eigenvalue weighted by Gasteiger charge is 2.34. The third-order valence-corrected chi connectivity index (χ3v) is 8.02. The van der Waals surface area contributed by atoms with Crippen LogP contribution < -0.4 is 0 Å². The van der Waals surface area contributed by atoms with E-state index in [2.05, 4.69) is 21.9 Å². The van der Waals surface area contributed by atoms with Crippen molar-refractivity contribution in [3.63, 3.8) is 0 Å². The number of carbonyl (C=O) groups is 1. The van der Waals surface area contributed by atoms with Gasteiger partial charge in [-0.1, -0.05) is 70.7 Å². The SMILES string of the molecule is C=C(C)CSc1nnc(SCC(=O)N2N=C(c3ccc(Cl)cc3)C[C@@H]2c2ccco2)s1. The molecule has 1 atom stereocenters. The van der Waals surface area contributed by atoms with Crippen molar-refractivity contribution in [3.05, 3.63) is 71.2 Å². The second-order valence-electron chi connectivity index (χ2n) is 6.90. The Balaban J connectivity index is 1.46. The zero-order chi connectivity index (χ0) is 21.8. The van der Waals surface area contributed by atoms with E-state index in [1.165, 1.54) is 28.1 Å². The summed E-state index contributed by atoms with van der Waals surface area (Å²) in [6.07, 6.45) is 2.18. The van der Waals surface area contributed by atoms with Gasteiger partial charge in [-0.3, -0.25) is 4.79 Å². The maximum atomic E-state index is 13.1. The van der Waals surface area contributed by atoms with Gasteiger partial charge in [0.2, 0.25) is 0 Å². The van der Waals surface area contributed by atoms with E-state index in [1.54, 1.807) is 18.0 Å². The predicted molar refractivity (Wildman–Crippen MR) is 127 cm³/mol. The Morgan fingerprint density at radius 2 is 1.94 bits per heavy atom. The normalized spacial score (nSPS) is 15.9. The molecule has 0 fully saturated rings. The predicted octanol–water partition coefficient (Wildman–Crippen LogP) is 5.92. The van der Waals surface area contributed by atoms with Crippen molar-refractivity contribution in [1.82, 2.24) is 15.2 Å². The molecule has 0 aliphatic carbocycles. The van der Waals surface area contributed by atoms with Gasteiger partial charge in [-0.05, 0) is 36.8 Å². The minimum Gasteiger partial charge on any atom is -0.467 e. The number of hydrogen-bond donors (Lipinski definition) is 0. The van der Waals surface area contributed by atoms with Gasteiger partial charge in [-0.2, -0.15) is 5.10 Å². The van der Waals surface area contributed by atoms with Crippen molar-refractivity contribution >= 4 is 58.1 Å². The lowest BCUT2D eigenvalue weighted by molar-refractivity contribution is -0.130. The van der Waals surface area contributed by atoms with Crippen LogP contribution in [-0.4, -0.2) is 38.3 Å². The number of rotatable bonds is 8. The Morgan fingerprint density at radius 1 is 1.23 bits per heavy atom. The molecule has 10 heteroatoms. The number of aromatic nitrogens is 2. The Labute approximate surface area is 197 Å². The van der Waals surface area contributed by atoms with Gasteiger partial charge in [0.05, 0.1) is 17.7 Å². The standard InChI is InChI=1S/C21H19ClN4O2S3/c1-13(2)11-29-20-23-24-21(31-20)30-12-19(27)26-17(18-4-3-9-28-18)10-16(25-26)14-5-7-15(22)8-6-14/h3-9,17H,1,10-12H2,2H3/t17-/m1/s1. The summed E-state index contributed by atoms with van der Waals surface area (Å²) in [7, 11) is 0. The summed E-state index contributed by atoms with van der Waals surface area (Å²) in [6.45, 7) is 5.87. The lowest BCUT2D eigenvalue weighted by Crippen LogP contribution is -2.28. The first-order chi connectivity index (χ1) is 15.0. The Morgan fingerprint density at radius 3 is 2.58 bits per heavy atom. The average Bonchev–Trinajstić information content (AvgIpc) is 3.51. The van der Waals surface area contributed by atoms with E-state index >= 15 is 0 Å². The molecule has 6 nitrogen and oxygen atoms in total. The highest BCUT2D eigenvalue weighted by Crippen LogP contribution is 2.35. The molecule has 0 unspecified atom stereocenters. The molecular formula is C21H19ClN4O2S3. The molecule has 0 radical (unpaired) electrons. The number of thioether (sulfide) groups is 2. The van der Waals surface area contributed by atoms with Crippen LogP contribution in [0.5, 0.6) is 0 Å². The van der Waals surface area contributed by atoms with Gasteiger partial charge in [0.25, 0.3) is 5.91 Å². The fourth-order valence-corrected chi connectivity index (χ4v) is 5.79. The molecule has 0 saturated carbocycles. The maximum Gasteiger partial charge on any atom is 0.253 e. The quantitative estimate of drug-likeness (QED) is 0.288. The van der Waals surface area contributed by atoms with Gasteiger partial charge >= 0.3 is 0 Å². The van der Waals surface area contributed by atoms with Crippen LogP contribution in [0.15, 0.2) is 73.0 Å². The maximum absolute atomic E-state index is 13.1. The molecule has 160 valence electrons. The summed E-state index contributed by atoms with van der Waals surface area (Å²) < 4.78 is 7.22. The summed E-state index contributed by atoms with van der Waals surface area (Å²) in [5.41, 5.74) is 2.84. The molecule has 31 heavy (non-hydrogen) atoms. The minimum absolute atomic E-state index is 0.110. The van der Waals surface area contributed by atoms with Crippen LogP contribution in [0.4, 0.5) is 0 Å². The number of nitrogens with zero attached hydrogens (tertiary/aromatic N) is 4. The van der Waals surface area contributed by atoms with Crippen molar-refractivity contribution in [2.24, 2.45) is 5.10 Å². The lowest BCUT2D eigenvalue weighted by Gasteiger charge is -2.19. The lowest BCUT2D eigenvalue weighted by atomic mass is 10.0. The number of hydrazone groups is 1. The molecule has 0 N–H and O–H groups in total. The topological polar surface area (TPSA) is 71.6 Å². The Hall–Kier alpha value is -2.07. The largest absolute Gasteiger partial charge is 0.467 e. The van der Waals surface area contributed by atoms with E-state index in [-0.39, 0.29) is 17.7 Å². The zero-order valence-electron chi connectivity index (χ0n) is 16.7. The van der Waals surface area contributed by atoms with Gasteiger partial charge in [0.1, 0.15) is 11.8 Å². The van der Waals surface area contributed by atoms with E-state index in [0.717, 1.165) is 31.3 Å². The summed E-state index contributed by atoms with van der Waals surface area (Å²) in [6, 6.07) is 10.9. The molecule has 1 aromatic carbocycles. The molecule has 0 saturated heterocycles. The second-order valence-corrected chi connectivity index (χ2v) is 10.8. The molecule has 0 spiro atoms. The van der Waals surface area contributed by atoms with E-state index in [4.69, 9.17) is 16.0 Å². The summed E-state index contributed by atoms with van der Waals surface area (Å²) in [5, 5.41) is 15.2. The molecule has 1 aliphatic heterocycles. The Bertz CT molecular complexity index is 1100. The van der Waals surface area contributed by atoms with Gasteiger partial charge in [0, 0.05) is 17.2 Å². The zero-order valence-corrected chi connectivity index (χ0v) is 19.9. The molecule has 3 heterocycles. The van der Waals surface area contributed by atoms with Crippen LogP contribution >= 0.6 is 46.5 Å². The van der Waals surface area contributed by atoms with E-state index in [0.29, 0.717) is 17.2 Å².